The monoisotopic (exact) mass is 337 g/mol. The number of fused-ring (bicyclic) bond motifs is 1. The molecule has 2 heterocycles. The van der Waals surface area contributed by atoms with E-state index in [0.29, 0.717) is 27.2 Å². The molecule has 0 aromatic carbocycles. The normalized spacial score (nSPS) is 12.5. The van der Waals surface area contributed by atoms with Crippen LogP contribution in [0.1, 0.15) is 48.3 Å². The molecule has 0 saturated heterocycles. The second-order valence-corrected chi connectivity index (χ2v) is 6.74. The Morgan fingerprint density at radius 1 is 1.48 bits per heavy atom. The molecule has 0 aliphatic heterocycles. The molecule has 0 aliphatic rings. The van der Waals surface area contributed by atoms with Crippen molar-refractivity contribution >= 4 is 27.5 Å². The molecule has 2 rings (SSSR count). The Morgan fingerprint density at radius 3 is 2.87 bits per heavy atom. The third-order valence-corrected chi connectivity index (χ3v) is 4.88. The maximum atomic E-state index is 12.6. The van der Waals surface area contributed by atoms with Crippen molar-refractivity contribution in [1.82, 2.24) is 14.9 Å². The molecule has 0 saturated carbocycles. The molecule has 23 heavy (non-hydrogen) atoms. The number of carbonyl (C=O) groups is 1. The van der Waals surface area contributed by atoms with Crippen molar-refractivity contribution in [2.75, 3.05) is 6.54 Å². The maximum Gasteiger partial charge on any atom is 0.262 e. The highest BCUT2D eigenvalue weighted by atomic mass is 32.1. The zero-order valence-electron chi connectivity index (χ0n) is 13.8. The molecule has 2 aromatic heterocycles. The van der Waals surface area contributed by atoms with E-state index in [-0.39, 0.29) is 18.0 Å². The first-order chi connectivity index (χ1) is 11.0. The van der Waals surface area contributed by atoms with Crippen LogP contribution in [-0.4, -0.2) is 33.2 Å². The Labute approximate surface area is 139 Å². The summed E-state index contributed by atoms with van der Waals surface area (Å²) in [6, 6.07) is 0. The lowest BCUT2D eigenvalue weighted by atomic mass is 10.2. The summed E-state index contributed by atoms with van der Waals surface area (Å²) >= 11 is 1.22. The molecule has 126 valence electrons. The van der Waals surface area contributed by atoms with E-state index < -0.39 is 6.10 Å². The van der Waals surface area contributed by atoms with E-state index in [0.717, 1.165) is 19.3 Å². The summed E-state index contributed by atoms with van der Waals surface area (Å²) in [4.78, 5) is 30.2. The quantitative estimate of drug-likeness (QED) is 0.758. The Balaban J connectivity index is 2.33. The van der Waals surface area contributed by atoms with Gasteiger partial charge in [-0.1, -0.05) is 19.8 Å². The van der Waals surface area contributed by atoms with Crippen LogP contribution >= 0.6 is 11.3 Å². The number of amides is 1. The fourth-order valence-electron chi connectivity index (χ4n) is 2.39. The van der Waals surface area contributed by atoms with Crippen molar-refractivity contribution in [2.24, 2.45) is 0 Å². The van der Waals surface area contributed by atoms with Gasteiger partial charge in [-0.3, -0.25) is 14.2 Å². The summed E-state index contributed by atoms with van der Waals surface area (Å²) < 4.78 is 1.62. The maximum absolute atomic E-state index is 12.6. The van der Waals surface area contributed by atoms with Crippen LogP contribution in [0.25, 0.3) is 10.2 Å². The number of nitrogens with zero attached hydrogens (tertiary/aromatic N) is 2. The molecule has 0 fully saturated rings. The third kappa shape index (κ3) is 3.97. The lowest BCUT2D eigenvalue weighted by molar-refractivity contribution is 0.0927. The summed E-state index contributed by atoms with van der Waals surface area (Å²) in [6.45, 7) is 6.32. The van der Waals surface area contributed by atoms with Crippen molar-refractivity contribution in [3.05, 3.63) is 27.1 Å². The molecular weight excluding hydrogens is 314 g/mol. The molecule has 7 heteroatoms. The van der Waals surface area contributed by atoms with Crippen LogP contribution in [-0.2, 0) is 6.54 Å². The number of aliphatic hydroxyl groups excluding tert-OH is 1. The summed E-state index contributed by atoms with van der Waals surface area (Å²) in [5.74, 6) is -0.275. The molecule has 0 aliphatic carbocycles. The van der Waals surface area contributed by atoms with E-state index in [9.17, 15) is 14.7 Å². The first kappa shape index (κ1) is 17.6. The summed E-state index contributed by atoms with van der Waals surface area (Å²) in [5, 5.41) is 12.4. The van der Waals surface area contributed by atoms with Gasteiger partial charge < -0.3 is 10.4 Å². The second kappa shape index (κ2) is 7.70. The number of hydrogen-bond donors (Lipinski definition) is 2. The van der Waals surface area contributed by atoms with Crippen molar-refractivity contribution in [3.63, 3.8) is 0 Å². The number of aryl methyl sites for hydroxylation is 2. The van der Waals surface area contributed by atoms with Crippen LogP contribution in [0.4, 0.5) is 0 Å². The van der Waals surface area contributed by atoms with Gasteiger partial charge in [-0.15, -0.1) is 11.3 Å². The van der Waals surface area contributed by atoms with Gasteiger partial charge in [0.25, 0.3) is 11.5 Å². The smallest absolute Gasteiger partial charge is 0.262 e. The molecule has 6 nitrogen and oxygen atoms in total. The highest BCUT2D eigenvalue weighted by molar-refractivity contribution is 7.20. The molecular formula is C16H23N3O3S. The van der Waals surface area contributed by atoms with Gasteiger partial charge in [0.15, 0.2) is 0 Å². The van der Waals surface area contributed by atoms with Gasteiger partial charge in [0.05, 0.1) is 22.7 Å². The van der Waals surface area contributed by atoms with E-state index in [1.165, 1.54) is 11.3 Å². The van der Waals surface area contributed by atoms with Gasteiger partial charge >= 0.3 is 0 Å². The lowest BCUT2D eigenvalue weighted by Gasteiger charge is -2.06. The van der Waals surface area contributed by atoms with E-state index >= 15 is 0 Å². The Bertz CT molecular complexity index is 749. The first-order valence-corrected chi connectivity index (χ1v) is 8.72. The van der Waals surface area contributed by atoms with Crippen molar-refractivity contribution in [1.29, 1.82) is 0 Å². The molecule has 0 bridgehead atoms. The molecule has 1 atom stereocenters. The van der Waals surface area contributed by atoms with Crippen LogP contribution in [0.3, 0.4) is 0 Å². The summed E-state index contributed by atoms with van der Waals surface area (Å²) in [6.07, 6.45) is 4.06. The number of rotatable bonds is 7. The predicted octanol–water partition coefficient (Wildman–Crippen LogP) is 2.07. The number of aromatic nitrogens is 2. The summed E-state index contributed by atoms with van der Waals surface area (Å²) in [5.41, 5.74) is 0.574. The van der Waals surface area contributed by atoms with E-state index in [2.05, 4.69) is 17.2 Å². The minimum Gasteiger partial charge on any atom is -0.392 e. The molecule has 0 radical (unpaired) electrons. The van der Waals surface area contributed by atoms with Gasteiger partial charge in [0, 0.05) is 13.1 Å². The van der Waals surface area contributed by atoms with E-state index in [1.807, 2.05) is 0 Å². The number of hydrogen-bond acceptors (Lipinski definition) is 5. The number of unbranched alkanes of at least 4 members (excludes halogenated alkanes) is 2. The number of thiophene rings is 1. The standard InChI is InChI=1S/C16H23N3O3S/c1-4-5-6-7-19-9-18-15-12(16(19)22)11(3)13(23-15)14(21)17-8-10(2)20/h9-10,20H,4-8H2,1-3H3,(H,17,21). The highest BCUT2D eigenvalue weighted by Crippen LogP contribution is 2.26. The minimum absolute atomic E-state index is 0.0885. The van der Waals surface area contributed by atoms with Gasteiger partial charge in [0.2, 0.25) is 0 Å². The average molecular weight is 337 g/mol. The Hall–Kier alpha value is -1.73. The predicted molar refractivity (Wildman–Crippen MR) is 92.2 cm³/mol. The van der Waals surface area contributed by atoms with Crippen LogP contribution < -0.4 is 10.9 Å². The third-order valence-electron chi connectivity index (χ3n) is 3.68. The number of nitrogens with one attached hydrogen (secondary N) is 1. The first-order valence-electron chi connectivity index (χ1n) is 7.90. The van der Waals surface area contributed by atoms with Crippen LogP contribution in [0, 0.1) is 6.92 Å². The van der Waals surface area contributed by atoms with Gasteiger partial charge in [0.1, 0.15) is 4.83 Å². The fraction of sp³-hybridized carbons (Fsp3) is 0.562. The van der Waals surface area contributed by atoms with E-state index in [4.69, 9.17) is 0 Å². The minimum atomic E-state index is -0.609. The zero-order valence-corrected chi connectivity index (χ0v) is 14.6. The SMILES string of the molecule is CCCCCn1cnc2sc(C(=O)NCC(C)O)c(C)c2c1=O. The van der Waals surface area contributed by atoms with Gasteiger partial charge in [-0.05, 0) is 25.8 Å². The largest absolute Gasteiger partial charge is 0.392 e. The fourth-order valence-corrected chi connectivity index (χ4v) is 3.44. The van der Waals surface area contributed by atoms with Crippen LogP contribution in [0.2, 0.25) is 0 Å². The Morgan fingerprint density at radius 2 is 2.22 bits per heavy atom. The summed E-state index contributed by atoms with van der Waals surface area (Å²) in [7, 11) is 0. The topological polar surface area (TPSA) is 84.2 Å². The average Bonchev–Trinajstić information content (AvgIpc) is 2.85. The number of carbonyl (C=O) groups excluding carboxylic acids is 1. The van der Waals surface area contributed by atoms with Crippen molar-refractivity contribution < 1.29 is 9.90 Å². The van der Waals surface area contributed by atoms with Crippen LogP contribution in [0.15, 0.2) is 11.1 Å². The number of aliphatic hydroxyl groups is 1. The molecule has 0 spiro atoms. The van der Waals surface area contributed by atoms with Crippen molar-refractivity contribution in [3.8, 4) is 0 Å². The molecule has 2 aromatic rings. The highest BCUT2D eigenvalue weighted by Gasteiger charge is 2.19. The molecule has 2 N–H and O–H groups in total. The van der Waals surface area contributed by atoms with Gasteiger partial charge in [-0.25, -0.2) is 4.98 Å². The molecule has 1 amide bonds. The van der Waals surface area contributed by atoms with Crippen LogP contribution in [0.5, 0.6) is 0 Å². The lowest BCUT2D eigenvalue weighted by Crippen LogP contribution is -2.30. The van der Waals surface area contributed by atoms with E-state index in [1.54, 1.807) is 24.7 Å². The Kier molecular flexibility index (Phi) is 5.90. The van der Waals surface area contributed by atoms with Gasteiger partial charge in [-0.2, -0.15) is 0 Å². The zero-order chi connectivity index (χ0) is 17.0. The van der Waals surface area contributed by atoms with Crippen molar-refractivity contribution in [2.45, 2.75) is 52.7 Å². The second-order valence-electron chi connectivity index (χ2n) is 5.75. The molecule has 1 unspecified atom stereocenters.